The van der Waals surface area contributed by atoms with Gasteiger partial charge >= 0.3 is 0 Å². The molecule has 0 spiro atoms. The van der Waals surface area contributed by atoms with Crippen LogP contribution in [0, 0.1) is 0 Å². The van der Waals surface area contributed by atoms with Gasteiger partial charge in [0.15, 0.2) is 0 Å². The Bertz CT molecular complexity index is 888. The van der Waals surface area contributed by atoms with Crippen molar-refractivity contribution in [3.05, 3.63) is 60.5 Å². The molecule has 0 aliphatic carbocycles. The molecule has 6 heteroatoms. The van der Waals surface area contributed by atoms with Crippen LogP contribution in [0.4, 0.5) is 5.69 Å². The first-order valence-corrected chi connectivity index (χ1v) is 9.86. The SMILES string of the molecule is CCOc1ccccc1N1CCN(C(C)c2nnc(-c3ccccc3)o2)CC1. The molecule has 1 aliphatic heterocycles. The van der Waals surface area contributed by atoms with Gasteiger partial charge in [0.2, 0.25) is 11.8 Å². The highest BCUT2D eigenvalue weighted by Crippen LogP contribution is 2.30. The van der Waals surface area contributed by atoms with Crippen LogP contribution in [-0.4, -0.2) is 47.9 Å². The monoisotopic (exact) mass is 378 g/mol. The Labute approximate surface area is 165 Å². The molecule has 0 bridgehead atoms. The fourth-order valence-corrected chi connectivity index (χ4v) is 3.60. The molecule has 28 heavy (non-hydrogen) atoms. The van der Waals surface area contributed by atoms with Crippen LogP contribution in [0.1, 0.15) is 25.8 Å². The Balaban J connectivity index is 1.41. The van der Waals surface area contributed by atoms with Crippen LogP contribution in [-0.2, 0) is 0 Å². The highest BCUT2D eigenvalue weighted by Gasteiger charge is 2.26. The fraction of sp³-hybridized carbons (Fsp3) is 0.364. The van der Waals surface area contributed by atoms with Gasteiger partial charge in [0, 0.05) is 31.7 Å². The van der Waals surface area contributed by atoms with Crippen LogP contribution < -0.4 is 9.64 Å². The van der Waals surface area contributed by atoms with E-state index in [0.29, 0.717) is 18.4 Å². The summed E-state index contributed by atoms with van der Waals surface area (Å²) in [5.41, 5.74) is 2.12. The maximum Gasteiger partial charge on any atom is 0.247 e. The van der Waals surface area contributed by atoms with Crippen molar-refractivity contribution >= 4 is 5.69 Å². The number of piperazine rings is 1. The van der Waals surface area contributed by atoms with Gasteiger partial charge in [-0.05, 0) is 38.1 Å². The van der Waals surface area contributed by atoms with Crippen LogP contribution in [0.2, 0.25) is 0 Å². The van der Waals surface area contributed by atoms with Gasteiger partial charge in [-0.15, -0.1) is 10.2 Å². The Morgan fingerprint density at radius 2 is 1.68 bits per heavy atom. The van der Waals surface area contributed by atoms with Crippen molar-refractivity contribution in [1.29, 1.82) is 0 Å². The van der Waals surface area contributed by atoms with E-state index in [1.165, 1.54) is 5.69 Å². The predicted molar refractivity (Wildman–Crippen MR) is 110 cm³/mol. The van der Waals surface area contributed by atoms with Gasteiger partial charge < -0.3 is 14.1 Å². The summed E-state index contributed by atoms with van der Waals surface area (Å²) in [6, 6.07) is 18.2. The second-order valence-corrected chi connectivity index (χ2v) is 6.91. The number of para-hydroxylation sites is 2. The molecule has 0 N–H and O–H groups in total. The van der Waals surface area contributed by atoms with E-state index < -0.39 is 0 Å². The molecule has 0 radical (unpaired) electrons. The molecule has 0 amide bonds. The molecule has 1 saturated heterocycles. The van der Waals surface area contributed by atoms with Crippen molar-refractivity contribution in [1.82, 2.24) is 15.1 Å². The average molecular weight is 378 g/mol. The first-order chi connectivity index (χ1) is 13.8. The lowest BCUT2D eigenvalue weighted by atomic mass is 10.2. The van der Waals surface area contributed by atoms with Crippen LogP contribution in [0.5, 0.6) is 5.75 Å². The molecule has 1 aromatic heterocycles. The molecule has 0 saturated carbocycles. The molecule has 2 heterocycles. The average Bonchev–Trinajstić information content (AvgIpc) is 3.25. The summed E-state index contributed by atoms with van der Waals surface area (Å²) in [5.74, 6) is 2.20. The number of nitrogens with zero attached hydrogens (tertiary/aromatic N) is 4. The summed E-state index contributed by atoms with van der Waals surface area (Å²) < 4.78 is 11.7. The van der Waals surface area contributed by atoms with Crippen molar-refractivity contribution in [3.8, 4) is 17.2 Å². The molecule has 6 nitrogen and oxygen atoms in total. The molecule has 1 unspecified atom stereocenters. The lowest BCUT2D eigenvalue weighted by Gasteiger charge is -2.38. The molecule has 4 rings (SSSR count). The third-order valence-corrected chi connectivity index (χ3v) is 5.19. The van der Waals surface area contributed by atoms with E-state index in [1.807, 2.05) is 49.4 Å². The van der Waals surface area contributed by atoms with Gasteiger partial charge in [0.25, 0.3) is 0 Å². The van der Waals surface area contributed by atoms with Gasteiger partial charge in [-0.1, -0.05) is 30.3 Å². The quantitative estimate of drug-likeness (QED) is 0.646. The summed E-state index contributed by atoms with van der Waals surface area (Å²) in [6.45, 7) is 8.57. The lowest BCUT2D eigenvalue weighted by Crippen LogP contribution is -2.47. The first kappa shape index (κ1) is 18.5. The number of rotatable bonds is 6. The summed E-state index contributed by atoms with van der Waals surface area (Å²) in [6.07, 6.45) is 0. The van der Waals surface area contributed by atoms with Crippen LogP contribution in [0.15, 0.2) is 59.0 Å². The minimum atomic E-state index is 0.0919. The van der Waals surface area contributed by atoms with Crippen molar-refractivity contribution in [2.45, 2.75) is 19.9 Å². The Hall–Kier alpha value is -2.86. The smallest absolute Gasteiger partial charge is 0.247 e. The molecule has 1 aliphatic rings. The summed E-state index contributed by atoms with van der Waals surface area (Å²) in [4.78, 5) is 4.78. The standard InChI is InChI=1S/C22H26N4O2/c1-3-27-20-12-8-7-11-19(20)26-15-13-25(14-16-26)17(2)21-23-24-22(28-21)18-9-5-4-6-10-18/h4-12,17H,3,13-16H2,1-2H3. The molecule has 3 aromatic rings. The number of aromatic nitrogens is 2. The van der Waals surface area contributed by atoms with Gasteiger partial charge in [-0.25, -0.2) is 0 Å². The number of benzene rings is 2. The Morgan fingerprint density at radius 3 is 2.43 bits per heavy atom. The van der Waals surface area contributed by atoms with E-state index in [1.54, 1.807) is 0 Å². The molecule has 146 valence electrons. The molecule has 1 fully saturated rings. The van der Waals surface area contributed by atoms with Crippen molar-refractivity contribution < 1.29 is 9.15 Å². The Morgan fingerprint density at radius 1 is 0.964 bits per heavy atom. The zero-order valence-corrected chi connectivity index (χ0v) is 16.4. The van der Waals surface area contributed by atoms with Crippen molar-refractivity contribution in [2.24, 2.45) is 0 Å². The predicted octanol–water partition coefficient (Wildman–Crippen LogP) is 4.02. The molecule has 1 atom stereocenters. The minimum absolute atomic E-state index is 0.0919. The van der Waals surface area contributed by atoms with E-state index in [-0.39, 0.29) is 6.04 Å². The van der Waals surface area contributed by atoms with E-state index in [4.69, 9.17) is 9.15 Å². The summed E-state index contributed by atoms with van der Waals surface area (Å²) >= 11 is 0. The Kier molecular flexibility index (Phi) is 5.58. The van der Waals surface area contributed by atoms with Gasteiger partial charge in [-0.3, -0.25) is 4.90 Å². The summed E-state index contributed by atoms with van der Waals surface area (Å²) in [5, 5.41) is 8.52. The van der Waals surface area contributed by atoms with Gasteiger partial charge in [0.05, 0.1) is 18.3 Å². The van der Waals surface area contributed by atoms with E-state index >= 15 is 0 Å². The van der Waals surface area contributed by atoms with Crippen LogP contribution in [0.25, 0.3) is 11.5 Å². The zero-order valence-electron chi connectivity index (χ0n) is 16.4. The second-order valence-electron chi connectivity index (χ2n) is 6.91. The van der Waals surface area contributed by atoms with Gasteiger partial charge in [0.1, 0.15) is 5.75 Å². The number of ether oxygens (including phenoxy) is 1. The third kappa shape index (κ3) is 3.87. The molecule has 2 aromatic carbocycles. The maximum absolute atomic E-state index is 5.95. The zero-order chi connectivity index (χ0) is 19.3. The third-order valence-electron chi connectivity index (χ3n) is 5.19. The number of hydrogen-bond donors (Lipinski definition) is 0. The second kappa shape index (κ2) is 8.44. The lowest BCUT2D eigenvalue weighted by molar-refractivity contribution is 0.173. The highest BCUT2D eigenvalue weighted by molar-refractivity contribution is 5.58. The highest BCUT2D eigenvalue weighted by atomic mass is 16.5. The molecular formula is C22H26N4O2. The molecular weight excluding hydrogens is 352 g/mol. The topological polar surface area (TPSA) is 54.6 Å². The number of anilines is 1. The van der Waals surface area contributed by atoms with Crippen molar-refractivity contribution in [3.63, 3.8) is 0 Å². The van der Waals surface area contributed by atoms with E-state index in [2.05, 4.69) is 39.1 Å². The minimum Gasteiger partial charge on any atom is -0.492 e. The van der Waals surface area contributed by atoms with Crippen LogP contribution in [0.3, 0.4) is 0 Å². The van der Waals surface area contributed by atoms with Crippen LogP contribution >= 0.6 is 0 Å². The largest absolute Gasteiger partial charge is 0.492 e. The fourth-order valence-electron chi connectivity index (χ4n) is 3.60. The van der Waals surface area contributed by atoms with E-state index in [9.17, 15) is 0 Å². The van der Waals surface area contributed by atoms with E-state index in [0.717, 1.165) is 37.5 Å². The van der Waals surface area contributed by atoms with Crippen molar-refractivity contribution in [2.75, 3.05) is 37.7 Å². The number of hydrogen-bond acceptors (Lipinski definition) is 6. The summed E-state index contributed by atoms with van der Waals surface area (Å²) in [7, 11) is 0. The first-order valence-electron chi connectivity index (χ1n) is 9.86. The normalized spacial score (nSPS) is 16.1. The van der Waals surface area contributed by atoms with Gasteiger partial charge in [-0.2, -0.15) is 0 Å². The maximum atomic E-state index is 5.95.